The molecule has 2 fully saturated rings. The summed E-state index contributed by atoms with van der Waals surface area (Å²) in [5.74, 6) is 0.199. The highest BCUT2D eigenvalue weighted by Gasteiger charge is 2.43. The SMILES string of the molecule is CCON=C1CCC(N2CCC3(CC2)CN(C(C)=O)Cc2ccccc23)CC1. The maximum Gasteiger partial charge on any atom is 0.219 e. The number of amides is 1. The molecule has 1 aromatic rings. The van der Waals surface area contributed by atoms with Crippen LogP contribution in [0.3, 0.4) is 0 Å². The van der Waals surface area contributed by atoms with Gasteiger partial charge in [0.2, 0.25) is 5.91 Å². The van der Waals surface area contributed by atoms with Gasteiger partial charge in [-0.1, -0.05) is 29.4 Å². The van der Waals surface area contributed by atoms with Gasteiger partial charge in [-0.15, -0.1) is 0 Å². The van der Waals surface area contributed by atoms with E-state index in [-0.39, 0.29) is 11.3 Å². The molecule has 1 saturated carbocycles. The van der Waals surface area contributed by atoms with Crippen LogP contribution < -0.4 is 0 Å². The number of benzene rings is 1. The van der Waals surface area contributed by atoms with E-state index in [2.05, 4.69) is 39.2 Å². The number of carbonyl (C=O) groups excluding carboxylic acids is 1. The van der Waals surface area contributed by atoms with Gasteiger partial charge in [0, 0.05) is 31.5 Å². The molecule has 5 nitrogen and oxygen atoms in total. The maximum absolute atomic E-state index is 12.1. The molecule has 152 valence electrons. The number of hydrogen-bond acceptors (Lipinski definition) is 4. The minimum absolute atomic E-state index is 0.132. The van der Waals surface area contributed by atoms with E-state index >= 15 is 0 Å². The highest BCUT2D eigenvalue weighted by Crippen LogP contribution is 2.42. The lowest BCUT2D eigenvalue weighted by atomic mass is 9.68. The molecule has 0 unspecified atom stereocenters. The average Bonchev–Trinajstić information content (AvgIpc) is 2.73. The van der Waals surface area contributed by atoms with Gasteiger partial charge in [0.25, 0.3) is 0 Å². The van der Waals surface area contributed by atoms with Crippen molar-refractivity contribution < 1.29 is 9.63 Å². The van der Waals surface area contributed by atoms with Crippen LogP contribution in [0, 0.1) is 0 Å². The molecule has 28 heavy (non-hydrogen) atoms. The smallest absolute Gasteiger partial charge is 0.219 e. The van der Waals surface area contributed by atoms with Gasteiger partial charge in [-0.25, -0.2) is 0 Å². The Morgan fingerprint density at radius 2 is 1.93 bits per heavy atom. The normalized spacial score (nSPS) is 24.7. The topological polar surface area (TPSA) is 45.1 Å². The van der Waals surface area contributed by atoms with Crippen molar-refractivity contribution in [1.82, 2.24) is 9.80 Å². The molecule has 2 heterocycles. The largest absolute Gasteiger partial charge is 0.396 e. The third-order valence-electron chi connectivity index (χ3n) is 7.02. The molecule has 0 radical (unpaired) electrons. The average molecular weight is 384 g/mol. The highest BCUT2D eigenvalue weighted by atomic mass is 16.6. The lowest BCUT2D eigenvalue weighted by Gasteiger charge is -2.50. The molecule has 0 bridgehead atoms. The summed E-state index contributed by atoms with van der Waals surface area (Å²) < 4.78 is 0. The van der Waals surface area contributed by atoms with Crippen molar-refractivity contribution >= 4 is 11.6 Å². The molecule has 1 aliphatic carbocycles. The Morgan fingerprint density at radius 3 is 2.61 bits per heavy atom. The Morgan fingerprint density at radius 1 is 1.21 bits per heavy atom. The number of fused-ring (bicyclic) bond motifs is 2. The second-order valence-electron chi connectivity index (χ2n) is 8.65. The third kappa shape index (κ3) is 3.82. The van der Waals surface area contributed by atoms with Crippen molar-refractivity contribution in [2.75, 3.05) is 26.2 Å². The Kier molecular flexibility index (Phi) is 5.72. The van der Waals surface area contributed by atoms with E-state index < -0.39 is 0 Å². The first-order valence-corrected chi connectivity index (χ1v) is 10.9. The van der Waals surface area contributed by atoms with Crippen LogP contribution in [0.25, 0.3) is 0 Å². The van der Waals surface area contributed by atoms with E-state index in [1.165, 1.54) is 29.7 Å². The lowest BCUT2D eigenvalue weighted by Crippen LogP contribution is -2.54. The molecular weight excluding hydrogens is 350 g/mol. The number of hydrogen-bond donors (Lipinski definition) is 0. The summed E-state index contributed by atoms with van der Waals surface area (Å²) in [5, 5.41) is 4.26. The first-order chi connectivity index (χ1) is 13.6. The van der Waals surface area contributed by atoms with Crippen molar-refractivity contribution in [1.29, 1.82) is 0 Å². The minimum atomic E-state index is 0.132. The van der Waals surface area contributed by atoms with Gasteiger partial charge in [0.1, 0.15) is 6.61 Å². The van der Waals surface area contributed by atoms with E-state index in [1.54, 1.807) is 6.92 Å². The predicted molar refractivity (Wildman–Crippen MR) is 111 cm³/mol. The summed E-state index contributed by atoms with van der Waals surface area (Å²) in [6.07, 6.45) is 6.79. The van der Waals surface area contributed by atoms with Gasteiger partial charge in [0.05, 0.1) is 5.71 Å². The van der Waals surface area contributed by atoms with Gasteiger partial charge in [-0.3, -0.25) is 4.79 Å². The van der Waals surface area contributed by atoms with Crippen molar-refractivity contribution in [2.24, 2.45) is 5.16 Å². The zero-order valence-corrected chi connectivity index (χ0v) is 17.3. The first kappa shape index (κ1) is 19.4. The molecule has 3 aliphatic rings. The molecule has 1 spiro atoms. The second-order valence-corrected chi connectivity index (χ2v) is 8.65. The van der Waals surface area contributed by atoms with Gasteiger partial charge < -0.3 is 14.6 Å². The molecule has 1 saturated heterocycles. The van der Waals surface area contributed by atoms with Gasteiger partial charge in [-0.05, 0) is 69.7 Å². The fourth-order valence-corrected chi connectivity index (χ4v) is 5.40. The molecule has 0 aromatic heterocycles. The van der Waals surface area contributed by atoms with Crippen molar-refractivity contribution in [3.8, 4) is 0 Å². The molecule has 0 atom stereocenters. The summed E-state index contributed by atoms with van der Waals surface area (Å²) in [6.45, 7) is 8.24. The van der Waals surface area contributed by atoms with Crippen LogP contribution in [0.2, 0.25) is 0 Å². The lowest BCUT2D eigenvalue weighted by molar-refractivity contribution is -0.131. The van der Waals surface area contributed by atoms with Crippen LogP contribution in [0.15, 0.2) is 29.4 Å². The Bertz CT molecular complexity index is 727. The summed E-state index contributed by atoms with van der Waals surface area (Å²) in [5.41, 5.74) is 4.19. The van der Waals surface area contributed by atoms with E-state index in [9.17, 15) is 4.79 Å². The zero-order valence-electron chi connectivity index (χ0n) is 17.3. The Labute approximate surface area is 168 Å². The molecule has 0 N–H and O–H groups in total. The summed E-state index contributed by atoms with van der Waals surface area (Å²) in [4.78, 5) is 22.1. The molecule has 4 rings (SSSR count). The number of nitrogens with zero attached hydrogens (tertiary/aromatic N) is 3. The van der Waals surface area contributed by atoms with Crippen LogP contribution in [-0.4, -0.2) is 53.7 Å². The van der Waals surface area contributed by atoms with Gasteiger partial charge in [-0.2, -0.15) is 0 Å². The zero-order chi connectivity index (χ0) is 19.6. The third-order valence-corrected chi connectivity index (χ3v) is 7.02. The summed E-state index contributed by atoms with van der Waals surface area (Å²) >= 11 is 0. The number of oxime groups is 1. The van der Waals surface area contributed by atoms with Crippen LogP contribution in [0.5, 0.6) is 0 Å². The fourth-order valence-electron chi connectivity index (χ4n) is 5.40. The quantitative estimate of drug-likeness (QED) is 0.748. The van der Waals surface area contributed by atoms with Crippen LogP contribution in [0.4, 0.5) is 0 Å². The molecule has 5 heteroatoms. The summed E-state index contributed by atoms with van der Waals surface area (Å²) in [6, 6.07) is 9.45. The first-order valence-electron chi connectivity index (χ1n) is 10.9. The number of carbonyl (C=O) groups is 1. The molecular formula is C23H33N3O2. The molecule has 1 aromatic carbocycles. The predicted octanol–water partition coefficient (Wildman–Crippen LogP) is 3.72. The van der Waals surface area contributed by atoms with E-state index in [1.807, 2.05) is 6.92 Å². The number of rotatable bonds is 3. The van der Waals surface area contributed by atoms with Crippen LogP contribution in [0.1, 0.15) is 63.5 Å². The van der Waals surface area contributed by atoms with E-state index in [0.717, 1.165) is 51.9 Å². The molecule has 2 aliphatic heterocycles. The minimum Gasteiger partial charge on any atom is -0.396 e. The number of piperidine rings is 1. The fraction of sp³-hybridized carbons (Fsp3) is 0.652. The Balaban J connectivity index is 1.43. The van der Waals surface area contributed by atoms with Crippen molar-refractivity contribution in [3.05, 3.63) is 35.4 Å². The standard InChI is InChI=1S/C23H33N3O2/c1-3-28-24-20-8-10-21(11-9-20)25-14-12-23(13-15-25)17-26(18(2)27)16-19-6-4-5-7-22(19)23/h4-7,21H,3,8-17H2,1-2H3. The molecule has 1 amide bonds. The van der Waals surface area contributed by atoms with Crippen molar-refractivity contribution in [2.45, 2.75) is 70.4 Å². The van der Waals surface area contributed by atoms with E-state index in [0.29, 0.717) is 12.6 Å². The number of likely N-dealkylation sites (tertiary alicyclic amines) is 1. The van der Waals surface area contributed by atoms with Crippen LogP contribution in [-0.2, 0) is 21.6 Å². The van der Waals surface area contributed by atoms with Crippen molar-refractivity contribution in [3.63, 3.8) is 0 Å². The van der Waals surface area contributed by atoms with Gasteiger partial charge in [0.15, 0.2) is 0 Å². The van der Waals surface area contributed by atoms with Gasteiger partial charge >= 0.3 is 0 Å². The monoisotopic (exact) mass is 383 g/mol. The Hall–Kier alpha value is -1.88. The van der Waals surface area contributed by atoms with Crippen LogP contribution >= 0.6 is 0 Å². The second kappa shape index (κ2) is 8.24. The highest BCUT2D eigenvalue weighted by molar-refractivity contribution is 5.84. The van der Waals surface area contributed by atoms with E-state index in [4.69, 9.17) is 4.84 Å². The summed E-state index contributed by atoms with van der Waals surface area (Å²) in [7, 11) is 0. The maximum atomic E-state index is 12.1.